The average molecular weight is 428 g/mol. The molecule has 0 bridgehead atoms. The number of amides is 1. The fourth-order valence-corrected chi connectivity index (χ4v) is 6.17. The van der Waals surface area contributed by atoms with Crippen LogP contribution in [0, 0.1) is 26.7 Å². The van der Waals surface area contributed by atoms with Crippen LogP contribution in [0.4, 0.5) is 5.69 Å². The van der Waals surface area contributed by atoms with Crippen molar-refractivity contribution in [1.82, 2.24) is 9.29 Å². The highest BCUT2D eigenvalue weighted by molar-refractivity contribution is 7.89. The number of nitrogens with zero attached hydrogens (tertiary/aromatic N) is 2. The lowest BCUT2D eigenvalue weighted by Gasteiger charge is -2.31. The van der Waals surface area contributed by atoms with Crippen molar-refractivity contribution in [2.24, 2.45) is 5.92 Å². The summed E-state index contributed by atoms with van der Waals surface area (Å²) in [4.78, 5) is 17.6. The number of hydrogen-bond donors (Lipinski definition) is 1. The zero-order chi connectivity index (χ0) is 21.5. The van der Waals surface area contributed by atoms with E-state index in [-0.39, 0.29) is 11.8 Å². The van der Waals surface area contributed by atoms with E-state index in [9.17, 15) is 13.2 Å². The van der Waals surface area contributed by atoms with Crippen molar-refractivity contribution in [2.75, 3.05) is 18.4 Å². The molecule has 2 aliphatic rings. The standard InChI is InChI=1S/C23H29N3O3S/c1-15-13-16(2)24-17(3)22(15)25-23(27)19-9-11-26(12-10-19)30(28,29)21-8-7-18-5-4-6-20(18)14-21/h7-8,13-14,19H,4-6,9-12H2,1-3H3,(H,25,27). The molecule has 0 atom stereocenters. The summed E-state index contributed by atoms with van der Waals surface area (Å²) < 4.78 is 27.7. The maximum atomic E-state index is 13.1. The largest absolute Gasteiger partial charge is 0.324 e. The number of sulfonamides is 1. The summed E-state index contributed by atoms with van der Waals surface area (Å²) in [6.07, 6.45) is 4.12. The zero-order valence-electron chi connectivity index (χ0n) is 17.9. The normalized spacial score (nSPS) is 17.7. The summed E-state index contributed by atoms with van der Waals surface area (Å²) >= 11 is 0. The summed E-state index contributed by atoms with van der Waals surface area (Å²) in [5.41, 5.74) is 5.90. The minimum absolute atomic E-state index is 0.0542. The van der Waals surface area contributed by atoms with Gasteiger partial charge >= 0.3 is 0 Å². The molecule has 1 aromatic carbocycles. The number of benzene rings is 1. The van der Waals surface area contributed by atoms with Crippen molar-refractivity contribution in [3.63, 3.8) is 0 Å². The Hall–Kier alpha value is -2.25. The highest BCUT2D eigenvalue weighted by Gasteiger charge is 2.33. The summed E-state index contributed by atoms with van der Waals surface area (Å²) in [7, 11) is -3.52. The molecule has 2 aromatic rings. The number of nitrogens with one attached hydrogen (secondary N) is 1. The molecule has 7 heteroatoms. The van der Waals surface area contributed by atoms with E-state index in [1.165, 1.54) is 9.87 Å². The van der Waals surface area contributed by atoms with Crippen molar-refractivity contribution in [3.8, 4) is 0 Å². The van der Waals surface area contributed by atoms with Crippen LogP contribution in [0.1, 0.15) is 47.3 Å². The topological polar surface area (TPSA) is 79.4 Å². The van der Waals surface area contributed by atoms with Crippen molar-refractivity contribution >= 4 is 21.6 Å². The van der Waals surface area contributed by atoms with Crippen LogP contribution in [0.5, 0.6) is 0 Å². The summed E-state index contributed by atoms with van der Waals surface area (Å²) in [6, 6.07) is 7.48. The molecule has 1 aliphatic heterocycles. The van der Waals surface area contributed by atoms with Gasteiger partial charge in [0.05, 0.1) is 16.3 Å². The predicted molar refractivity (Wildman–Crippen MR) is 117 cm³/mol. The molecule has 2 heterocycles. The number of carbonyl (C=O) groups is 1. The van der Waals surface area contributed by atoms with Crippen LogP contribution in [0.25, 0.3) is 0 Å². The van der Waals surface area contributed by atoms with Gasteiger partial charge in [-0.25, -0.2) is 8.42 Å². The van der Waals surface area contributed by atoms with Gasteiger partial charge in [-0.05, 0) is 87.8 Å². The third-order valence-corrected chi connectivity index (χ3v) is 8.20. The lowest BCUT2D eigenvalue weighted by atomic mass is 9.97. The number of rotatable bonds is 4. The van der Waals surface area contributed by atoms with E-state index in [1.807, 2.05) is 39.0 Å². The van der Waals surface area contributed by atoms with E-state index in [0.717, 1.165) is 47.5 Å². The molecule has 0 saturated carbocycles. The van der Waals surface area contributed by atoms with E-state index in [2.05, 4.69) is 10.3 Å². The van der Waals surface area contributed by atoms with Crippen LogP contribution in [0.2, 0.25) is 0 Å². The van der Waals surface area contributed by atoms with Crippen LogP contribution < -0.4 is 5.32 Å². The predicted octanol–water partition coefficient (Wildman–Crippen LogP) is 3.53. The number of anilines is 1. The first kappa shape index (κ1) is 21.0. The zero-order valence-corrected chi connectivity index (χ0v) is 18.7. The van der Waals surface area contributed by atoms with Crippen LogP contribution in [0.15, 0.2) is 29.2 Å². The van der Waals surface area contributed by atoms with Crippen molar-refractivity contribution in [3.05, 3.63) is 52.3 Å². The molecule has 0 radical (unpaired) electrons. The van der Waals surface area contributed by atoms with E-state index < -0.39 is 10.0 Å². The van der Waals surface area contributed by atoms with Gasteiger partial charge < -0.3 is 5.32 Å². The van der Waals surface area contributed by atoms with Gasteiger partial charge in [-0.3, -0.25) is 9.78 Å². The lowest BCUT2D eigenvalue weighted by molar-refractivity contribution is -0.120. The Labute approximate surface area is 178 Å². The van der Waals surface area contributed by atoms with Gasteiger partial charge in [0, 0.05) is 24.7 Å². The van der Waals surface area contributed by atoms with Gasteiger partial charge in [0.15, 0.2) is 0 Å². The highest BCUT2D eigenvalue weighted by Crippen LogP contribution is 2.29. The molecular weight excluding hydrogens is 398 g/mol. The Kier molecular flexibility index (Phi) is 5.68. The molecule has 30 heavy (non-hydrogen) atoms. The van der Waals surface area contributed by atoms with E-state index in [4.69, 9.17) is 0 Å². The van der Waals surface area contributed by atoms with E-state index in [0.29, 0.717) is 30.8 Å². The van der Waals surface area contributed by atoms with E-state index in [1.54, 1.807) is 6.07 Å². The minimum atomic E-state index is -3.52. The Morgan fingerprint density at radius 1 is 1.07 bits per heavy atom. The second-order valence-electron chi connectivity index (χ2n) is 8.49. The maximum Gasteiger partial charge on any atom is 0.243 e. The fraction of sp³-hybridized carbons (Fsp3) is 0.478. The third-order valence-electron chi connectivity index (χ3n) is 6.31. The smallest absolute Gasteiger partial charge is 0.243 e. The molecule has 6 nitrogen and oxygen atoms in total. The number of hydrogen-bond acceptors (Lipinski definition) is 4. The second-order valence-corrected chi connectivity index (χ2v) is 10.4. The first-order valence-corrected chi connectivity index (χ1v) is 12.1. The number of aryl methyl sites for hydroxylation is 5. The number of fused-ring (bicyclic) bond motifs is 1. The monoisotopic (exact) mass is 427 g/mol. The van der Waals surface area contributed by atoms with Crippen molar-refractivity contribution in [1.29, 1.82) is 0 Å². The number of carbonyl (C=O) groups excluding carboxylic acids is 1. The Bertz CT molecular complexity index is 1060. The molecular formula is C23H29N3O3S. The van der Waals surface area contributed by atoms with Gasteiger partial charge in [0.2, 0.25) is 15.9 Å². The molecule has 1 aliphatic carbocycles. The third kappa shape index (κ3) is 4.01. The molecule has 1 amide bonds. The fourth-order valence-electron chi connectivity index (χ4n) is 4.65. The van der Waals surface area contributed by atoms with Crippen LogP contribution in [-0.2, 0) is 27.7 Å². The van der Waals surface area contributed by atoms with E-state index >= 15 is 0 Å². The van der Waals surface area contributed by atoms with Gasteiger partial charge in [-0.1, -0.05) is 6.07 Å². The second kappa shape index (κ2) is 8.12. The number of aromatic nitrogens is 1. The minimum Gasteiger partial charge on any atom is -0.324 e. The Balaban J connectivity index is 1.42. The Morgan fingerprint density at radius 2 is 1.77 bits per heavy atom. The van der Waals surface area contributed by atoms with Gasteiger partial charge in [-0.15, -0.1) is 0 Å². The van der Waals surface area contributed by atoms with Gasteiger partial charge in [0.25, 0.3) is 0 Å². The molecule has 4 rings (SSSR count). The summed E-state index contributed by atoms with van der Waals surface area (Å²) in [6.45, 7) is 6.51. The molecule has 0 unspecified atom stereocenters. The molecule has 1 fully saturated rings. The lowest BCUT2D eigenvalue weighted by Crippen LogP contribution is -2.41. The molecule has 1 N–H and O–H groups in total. The first-order chi connectivity index (χ1) is 14.3. The highest BCUT2D eigenvalue weighted by atomic mass is 32.2. The first-order valence-electron chi connectivity index (χ1n) is 10.6. The van der Waals surface area contributed by atoms with Gasteiger partial charge in [0.1, 0.15) is 0 Å². The van der Waals surface area contributed by atoms with Gasteiger partial charge in [-0.2, -0.15) is 4.31 Å². The summed E-state index contributed by atoms with van der Waals surface area (Å²) in [5, 5.41) is 3.02. The quantitative estimate of drug-likeness (QED) is 0.809. The molecule has 1 aromatic heterocycles. The van der Waals surface area contributed by atoms with Crippen molar-refractivity contribution < 1.29 is 13.2 Å². The average Bonchev–Trinajstić information content (AvgIpc) is 3.18. The summed E-state index contributed by atoms with van der Waals surface area (Å²) in [5.74, 6) is -0.252. The maximum absolute atomic E-state index is 13.1. The van der Waals surface area contributed by atoms with Crippen LogP contribution in [-0.4, -0.2) is 36.7 Å². The number of piperidine rings is 1. The molecule has 1 saturated heterocycles. The molecule has 0 spiro atoms. The number of pyridine rings is 1. The molecule has 160 valence electrons. The van der Waals surface area contributed by atoms with Crippen molar-refractivity contribution in [2.45, 2.75) is 57.8 Å². The van der Waals surface area contributed by atoms with Crippen LogP contribution >= 0.6 is 0 Å². The van der Waals surface area contributed by atoms with Crippen LogP contribution in [0.3, 0.4) is 0 Å². The SMILES string of the molecule is Cc1cc(C)c(NC(=O)C2CCN(S(=O)(=O)c3ccc4c(c3)CCC4)CC2)c(C)n1. The Morgan fingerprint density at radius 3 is 2.47 bits per heavy atom.